The van der Waals surface area contributed by atoms with Crippen molar-refractivity contribution >= 4 is 11.9 Å². The largest absolute Gasteiger partial charge is 0.478 e. The van der Waals surface area contributed by atoms with Crippen LogP contribution in [0.5, 0.6) is 0 Å². The average molecular weight is 285 g/mol. The van der Waals surface area contributed by atoms with Gasteiger partial charge in [-0.05, 0) is 36.6 Å². The molecule has 1 aromatic heterocycles. The number of carbonyl (C=O) groups excluding carboxylic acids is 1. The summed E-state index contributed by atoms with van der Waals surface area (Å²) in [5, 5.41) is 9.20. The molecule has 108 valence electrons. The molecule has 1 aromatic carbocycles. The third-order valence-electron chi connectivity index (χ3n) is 3.76. The van der Waals surface area contributed by atoms with Crippen LogP contribution in [0.1, 0.15) is 37.6 Å². The number of nitrogens with zero attached hydrogens (tertiary/aromatic N) is 1. The first-order chi connectivity index (χ1) is 10.1. The predicted octanol–water partition coefficient (Wildman–Crippen LogP) is 2.48. The first kappa shape index (κ1) is 13.4. The van der Waals surface area contributed by atoms with Gasteiger partial charge in [0.15, 0.2) is 0 Å². The second-order valence-electron chi connectivity index (χ2n) is 5.17. The number of carbonyl (C=O) groups is 2. The van der Waals surface area contributed by atoms with Crippen molar-refractivity contribution in [3.8, 4) is 0 Å². The summed E-state index contributed by atoms with van der Waals surface area (Å²) in [5.41, 5.74) is 2.59. The summed E-state index contributed by atoms with van der Waals surface area (Å²) >= 11 is 0. The minimum atomic E-state index is -0.919. The molecule has 0 unspecified atom stereocenters. The molecule has 0 radical (unpaired) electrons. The lowest BCUT2D eigenvalue weighted by atomic mass is 9.94. The summed E-state index contributed by atoms with van der Waals surface area (Å²) in [7, 11) is 0. The zero-order valence-electron chi connectivity index (χ0n) is 11.6. The molecule has 1 amide bonds. The van der Waals surface area contributed by atoms with Crippen LogP contribution in [-0.4, -0.2) is 28.4 Å². The molecule has 0 saturated carbocycles. The molecular formula is C16H15NO4. The summed E-state index contributed by atoms with van der Waals surface area (Å²) in [6, 6.07) is 6.92. The molecule has 5 nitrogen and oxygen atoms in total. The minimum absolute atomic E-state index is 0.0850. The minimum Gasteiger partial charge on any atom is -0.478 e. The molecule has 0 atom stereocenters. The van der Waals surface area contributed by atoms with E-state index < -0.39 is 5.97 Å². The first-order valence-electron chi connectivity index (χ1n) is 6.74. The highest BCUT2D eigenvalue weighted by Crippen LogP contribution is 2.24. The first-order valence-corrected chi connectivity index (χ1v) is 6.74. The van der Waals surface area contributed by atoms with Gasteiger partial charge in [0.25, 0.3) is 5.91 Å². The normalized spacial score (nSPS) is 13.9. The van der Waals surface area contributed by atoms with E-state index in [0.717, 1.165) is 11.1 Å². The van der Waals surface area contributed by atoms with Gasteiger partial charge in [-0.1, -0.05) is 12.1 Å². The van der Waals surface area contributed by atoms with Gasteiger partial charge >= 0.3 is 5.97 Å². The fourth-order valence-electron chi connectivity index (χ4n) is 2.72. The van der Waals surface area contributed by atoms with Gasteiger partial charge in [-0.25, -0.2) is 4.79 Å². The molecule has 0 spiro atoms. The number of aromatic carboxylic acids is 1. The summed E-state index contributed by atoms with van der Waals surface area (Å²) in [4.78, 5) is 25.3. The number of furan rings is 1. The smallest absolute Gasteiger partial charge is 0.335 e. The van der Waals surface area contributed by atoms with E-state index in [1.807, 2.05) is 6.07 Å². The Labute approximate surface area is 121 Å². The maximum Gasteiger partial charge on any atom is 0.335 e. The summed E-state index contributed by atoms with van der Waals surface area (Å²) in [5.74, 6) is -0.306. The second-order valence-corrected chi connectivity index (χ2v) is 5.17. The van der Waals surface area contributed by atoms with Crippen LogP contribution >= 0.6 is 0 Å². The van der Waals surface area contributed by atoms with Gasteiger partial charge in [0.05, 0.1) is 11.1 Å². The molecule has 0 saturated heterocycles. The molecule has 5 heteroatoms. The molecule has 3 rings (SSSR count). The van der Waals surface area contributed by atoms with Gasteiger partial charge in [0.2, 0.25) is 0 Å². The van der Waals surface area contributed by atoms with Crippen LogP contribution in [0, 0.1) is 6.92 Å². The standard InChI is InChI=1S/C16H15NO4/c1-10-7-12(9-21-10)15(18)17-6-5-13-11(8-17)3-2-4-14(13)16(19)20/h2-4,7,9H,5-6,8H2,1H3,(H,19,20). The lowest BCUT2D eigenvalue weighted by molar-refractivity contribution is 0.0694. The van der Waals surface area contributed by atoms with Gasteiger partial charge in [-0.2, -0.15) is 0 Å². The van der Waals surface area contributed by atoms with Crippen LogP contribution in [0.25, 0.3) is 0 Å². The van der Waals surface area contributed by atoms with Crippen molar-refractivity contribution in [2.45, 2.75) is 19.9 Å². The van der Waals surface area contributed by atoms with Crippen molar-refractivity contribution in [3.63, 3.8) is 0 Å². The van der Waals surface area contributed by atoms with Crippen LogP contribution in [0.15, 0.2) is 34.9 Å². The molecule has 0 fully saturated rings. The van der Waals surface area contributed by atoms with Gasteiger partial charge in [-0.15, -0.1) is 0 Å². The van der Waals surface area contributed by atoms with Crippen molar-refractivity contribution in [2.75, 3.05) is 6.54 Å². The maximum absolute atomic E-state index is 12.4. The number of fused-ring (bicyclic) bond motifs is 1. The Morgan fingerprint density at radius 1 is 1.33 bits per heavy atom. The van der Waals surface area contributed by atoms with E-state index in [9.17, 15) is 14.7 Å². The van der Waals surface area contributed by atoms with E-state index in [1.165, 1.54) is 6.26 Å². The highest BCUT2D eigenvalue weighted by Gasteiger charge is 2.25. The Kier molecular flexibility index (Phi) is 3.25. The van der Waals surface area contributed by atoms with Crippen LogP contribution in [-0.2, 0) is 13.0 Å². The zero-order chi connectivity index (χ0) is 15.0. The Balaban J connectivity index is 1.86. The molecule has 0 aliphatic carbocycles. The highest BCUT2D eigenvalue weighted by atomic mass is 16.4. The third kappa shape index (κ3) is 2.42. The van der Waals surface area contributed by atoms with Gasteiger partial charge < -0.3 is 14.4 Å². The van der Waals surface area contributed by atoms with Crippen LogP contribution in [0.4, 0.5) is 0 Å². The summed E-state index contributed by atoms with van der Waals surface area (Å²) in [6.45, 7) is 2.74. The number of amides is 1. The van der Waals surface area contributed by atoms with Gasteiger partial charge in [-0.3, -0.25) is 4.79 Å². The van der Waals surface area contributed by atoms with Crippen molar-refractivity contribution in [1.82, 2.24) is 4.90 Å². The maximum atomic E-state index is 12.4. The van der Waals surface area contributed by atoms with Gasteiger partial charge in [0.1, 0.15) is 12.0 Å². The molecule has 2 heterocycles. The fraction of sp³-hybridized carbons (Fsp3) is 0.250. The van der Waals surface area contributed by atoms with Crippen molar-refractivity contribution < 1.29 is 19.1 Å². The Bertz CT molecular complexity index is 717. The van der Waals surface area contributed by atoms with Crippen LogP contribution in [0.2, 0.25) is 0 Å². The lowest BCUT2D eigenvalue weighted by Gasteiger charge is -2.29. The van der Waals surface area contributed by atoms with E-state index in [0.29, 0.717) is 36.4 Å². The van der Waals surface area contributed by atoms with Crippen molar-refractivity contribution in [3.05, 3.63) is 58.5 Å². The number of benzene rings is 1. The number of aryl methyl sites for hydroxylation is 1. The highest BCUT2D eigenvalue weighted by molar-refractivity contribution is 5.94. The number of hydrogen-bond donors (Lipinski definition) is 1. The van der Waals surface area contributed by atoms with E-state index >= 15 is 0 Å². The predicted molar refractivity (Wildman–Crippen MR) is 75.3 cm³/mol. The molecule has 1 aliphatic rings. The Morgan fingerprint density at radius 2 is 2.14 bits per heavy atom. The quantitative estimate of drug-likeness (QED) is 0.920. The number of hydrogen-bond acceptors (Lipinski definition) is 3. The molecule has 0 bridgehead atoms. The van der Waals surface area contributed by atoms with Crippen molar-refractivity contribution in [2.24, 2.45) is 0 Å². The number of carboxylic acids is 1. The third-order valence-corrected chi connectivity index (χ3v) is 3.76. The SMILES string of the molecule is Cc1cc(C(=O)N2CCc3c(cccc3C(=O)O)C2)co1. The Morgan fingerprint density at radius 3 is 2.81 bits per heavy atom. The lowest BCUT2D eigenvalue weighted by Crippen LogP contribution is -2.36. The molecular weight excluding hydrogens is 270 g/mol. The fourth-order valence-corrected chi connectivity index (χ4v) is 2.72. The zero-order valence-corrected chi connectivity index (χ0v) is 11.6. The Hall–Kier alpha value is -2.56. The van der Waals surface area contributed by atoms with Gasteiger partial charge in [0, 0.05) is 13.1 Å². The molecule has 2 aromatic rings. The summed E-state index contributed by atoms with van der Waals surface area (Å²) in [6.07, 6.45) is 2.02. The van der Waals surface area contributed by atoms with Crippen LogP contribution in [0.3, 0.4) is 0 Å². The van der Waals surface area contributed by atoms with Crippen molar-refractivity contribution in [1.29, 1.82) is 0 Å². The van der Waals surface area contributed by atoms with E-state index in [2.05, 4.69) is 0 Å². The van der Waals surface area contributed by atoms with E-state index in [4.69, 9.17) is 4.42 Å². The van der Waals surface area contributed by atoms with E-state index in [1.54, 1.807) is 30.0 Å². The van der Waals surface area contributed by atoms with Crippen LogP contribution < -0.4 is 0 Å². The molecule has 1 aliphatic heterocycles. The average Bonchev–Trinajstić information content (AvgIpc) is 2.91. The monoisotopic (exact) mass is 285 g/mol. The summed E-state index contributed by atoms with van der Waals surface area (Å²) < 4.78 is 5.17. The molecule has 1 N–H and O–H groups in total. The second kappa shape index (κ2) is 5.09. The number of carboxylic acid groups (broad SMARTS) is 1. The van der Waals surface area contributed by atoms with E-state index in [-0.39, 0.29) is 5.91 Å². The topological polar surface area (TPSA) is 70.8 Å². The number of rotatable bonds is 2. The molecule has 21 heavy (non-hydrogen) atoms.